The molecule has 0 atom stereocenters. The highest BCUT2D eigenvalue weighted by Crippen LogP contribution is 2.23. The van der Waals surface area contributed by atoms with Gasteiger partial charge in [0, 0.05) is 23.7 Å². The van der Waals surface area contributed by atoms with Gasteiger partial charge in [-0.25, -0.2) is 38.7 Å². The lowest BCUT2D eigenvalue weighted by Gasteiger charge is -2.02. The Hall–Kier alpha value is -1.94. The van der Waals surface area contributed by atoms with Crippen LogP contribution in [0.4, 0.5) is 0 Å². The van der Waals surface area contributed by atoms with Gasteiger partial charge < -0.3 is 0 Å². The summed E-state index contributed by atoms with van der Waals surface area (Å²) >= 11 is 0. The van der Waals surface area contributed by atoms with E-state index in [1.807, 2.05) is 0 Å². The Balaban J connectivity index is 3.49. The smallest absolute Gasteiger partial charge is 0.247 e. The molecule has 0 aromatic rings. The zero-order valence-corrected chi connectivity index (χ0v) is 13.1. The van der Waals surface area contributed by atoms with Crippen molar-refractivity contribution in [3.63, 3.8) is 0 Å². The molecule has 0 N–H and O–H groups in total. The van der Waals surface area contributed by atoms with Crippen LogP contribution in [0.15, 0.2) is 25.3 Å². The van der Waals surface area contributed by atoms with E-state index in [-0.39, 0.29) is 12.8 Å². The first-order valence-corrected chi connectivity index (χ1v) is 8.30. The predicted octanol–water partition coefficient (Wildman–Crippen LogP) is 1.52. The largest absolute Gasteiger partial charge is 0.378 e. The van der Waals surface area contributed by atoms with E-state index in [2.05, 4.69) is 32.7 Å². The van der Waals surface area contributed by atoms with Gasteiger partial charge in [0.05, 0.1) is 12.8 Å². The first kappa shape index (κ1) is 20.1. The second-order valence-electron chi connectivity index (χ2n) is 3.27. The van der Waals surface area contributed by atoms with Crippen LogP contribution in [0.25, 0.3) is 0 Å². The lowest BCUT2D eigenvalue weighted by atomic mass is 10.5. The first-order chi connectivity index (χ1) is 10.5. The fourth-order valence-corrected chi connectivity index (χ4v) is 2.64. The van der Waals surface area contributed by atoms with Crippen molar-refractivity contribution in [2.24, 2.45) is 0 Å². The van der Waals surface area contributed by atoms with Crippen molar-refractivity contribution in [3.05, 3.63) is 25.3 Å². The molecule has 0 unspecified atom stereocenters. The van der Waals surface area contributed by atoms with Crippen molar-refractivity contribution >= 4 is 45.5 Å². The normalized spacial score (nSPS) is 9.27. The lowest BCUT2D eigenvalue weighted by molar-refractivity contribution is -0.254. The molecule has 8 nitrogen and oxygen atoms in total. The predicted molar refractivity (Wildman–Crippen MR) is 78.9 cm³/mol. The summed E-state index contributed by atoms with van der Waals surface area (Å²) < 4.78 is 0. The van der Waals surface area contributed by atoms with Crippen molar-refractivity contribution in [1.29, 1.82) is 0 Å². The number of rotatable bonds is 9. The summed E-state index contributed by atoms with van der Waals surface area (Å²) in [5, 5.41) is 0. The molecule has 122 valence electrons. The Kier molecular flexibility index (Phi) is 11.6. The topological polar surface area (TPSA) is 105 Å². The quantitative estimate of drug-likeness (QED) is 0.200. The third-order valence-corrected chi connectivity index (χ3v) is 4.04. The second-order valence-corrected chi connectivity index (χ2v) is 5.97. The molecule has 0 aliphatic heterocycles. The average molecular weight is 350 g/mol. The van der Waals surface area contributed by atoms with Gasteiger partial charge in [-0.2, -0.15) is 0 Å². The minimum absolute atomic E-state index is 0.0312. The van der Waals surface area contributed by atoms with Gasteiger partial charge in [-0.15, -0.1) is 0 Å². The van der Waals surface area contributed by atoms with Gasteiger partial charge in [-0.3, -0.25) is 0 Å². The Morgan fingerprint density at radius 2 is 1.09 bits per heavy atom. The molecule has 0 bridgehead atoms. The highest BCUT2D eigenvalue weighted by molar-refractivity contribution is 8.76. The summed E-state index contributed by atoms with van der Waals surface area (Å²) in [4.78, 5) is 59.9. The van der Waals surface area contributed by atoms with Crippen LogP contribution in [0.3, 0.4) is 0 Å². The summed E-state index contributed by atoms with van der Waals surface area (Å²) in [6.45, 7) is 6.27. The fraction of sp³-hybridized carbons (Fsp3) is 0.333. The van der Waals surface area contributed by atoms with Crippen LogP contribution in [0, 0.1) is 0 Å². The molecule has 0 rings (SSSR count). The Labute approximate surface area is 134 Å². The Bertz CT molecular complexity index is 395. The van der Waals surface area contributed by atoms with Gasteiger partial charge in [-0.05, 0) is 0 Å². The molecule has 0 spiro atoms. The van der Waals surface area contributed by atoms with E-state index < -0.39 is 23.9 Å². The van der Waals surface area contributed by atoms with E-state index >= 15 is 0 Å². The Morgan fingerprint density at radius 3 is 1.41 bits per heavy atom. The Morgan fingerprint density at radius 1 is 0.727 bits per heavy atom. The SMILES string of the molecule is C=CC(=O)OOC(=O)CCSSCCC(=O)OOC(=O)C=C. The third kappa shape index (κ3) is 11.9. The second kappa shape index (κ2) is 12.8. The molecule has 0 heterocycles. The van der Waals surface area contributed by atoms with E-state index in [0.717, 1.165) is 12.2 Å². The molecule has 0 aliphatic rings. The fourth-order valence-electron chi connectivity index (χ4n) is 0.694. The van der Waals surface area contributed by atoms with Crippen LogP contribution in [-0.2, 0) is 38.7 Å². The molecule has 0 aromatic heterocycles. The maximum absolute atomic E-state index is 11.1. The van der Waals surface area contributed by atoms with Crippen molar-refractivity contribution in [2.75, 3.05) is 11.5 Å². The summed E-state index contributed by atoms with van der Waals surface area (Å²) in [6.07, 6.45) is 1.79. The minimum atomic E-state index is -0.856. The van der Waals surface area contributed by atoms with Gasteiger partial charge in [0.1, 0.15) is 0 Å². The molecular weight excluding hydrogens is 336 g/mol. The first-order valence-electron chi connectivity index (χ1n) is 5.81. The van der Waals surface area contributed by atoms with Crippen LogP contribution >= 0.6 is 21.6 Å². The number of carbonyl (C=O) groups excluding carboxylic acids is 4. The summed E-state index contributed by atoms with van der Waals surface area (Å²) in [5.74, 6) is -2.30. The van der Waals surface area contributed by atoms with Gasteiger partial charge >= 0.3 is 23.9 Å². The molecular formula is C12H14O8S2. The van der Waals surface area contributed by atoms with Gasteiger partial charge in [0.25, 0.3) is 0 Å². The molecule has 0 fully saturated rings. The molecule has 0 saturated heterocycles. The molecule has 0 aromatic carbocycles. The van der Waals surface area contributed by atoms with Crippen LogP contribution < -0.4 is 0 Å². The summed E-state index contributed by atoms with van der Waals surface area (Å²) in [6, 6.07) is 0. The van der Waals surface area contributed by atoms with Crippen molar-refractivity contribution in [1.82, 2.24) is 0 Å². The lowest BCUT2D eigenvalue weighted by Crippen LogP contribution is -2.10. The monoisotopic (exact) mass is 350 g/mol. The van der Waals surface area contributed by atoms with Gasteiger partial charge in [0.2, 0.25) is 0 Å². The summed E-state index contributed by atoms with van der Waals surface area (Å²) in [7, 11) is 2.63. The molecule has 10 heteroatoms. The van der Waals surface area contributed by atoms with E-state index in [1.165, 1.54) is 21.6 Å². The zero-order valence-electron chi connectivity index (χ0n) is 11.5. The maximum Gasteiger partial charge on any atom is 0.378 e. The average Bonchev–Trinajstić information content (AvgIpc) is 2.53. The molecule has 22 heavy (non-hydrogen) atoms. The van der Waals surface area contributed by atoms with Crippen LogP contribution in [0.2, 0.25) is 0 Å². The molecule has 0 aliphatic carbocycles. The minimum Gasteiger partial charge on any atom is -0.247 e. The third-order valence-electron chi connectivity index (χ3n) is 1.63. The zero-order chi connectivity index (χ0) is 16.8. The van der Waals surface area contributed by atoms with E-state index in [0.29, 0.717) is 11.5 Å². The van der Waals surface area contributed by atoms with E-state index in [1.54, 1.807) is 0 Å². The number of carbonyl (C=O) groups is 4. The standard InChI is InChI=1S/C12H14O8S2/c1-3-9(13)17-19-11(15)5-7-21-22-8-6-12(16)20-18-10(14)4-2/h3-4H,1-2,5-8H2. The van der Waals surface area contributed by atoms with Gasteiger partial charge in [0.15, 0.2) is 0 Å². The molecule has 0 radical (unpaired) electrons. The highest BCUT2D eigenvalue weighted by Gasteiger charge is 2.09. The van der Waals surface area contributed by atoms with Crippen LogP contribution in [-0.4, -0.2) is 35.4 Å². The van der Waals surface area contributed by atoms with Crippen molar-refractivity contribution in [2.45, 2.75) is 12.8 Å². The number of hydrogen-bond donors (Lipinski definition) is 0. The number of hydrogen-bond acceptors (Lipinski definition) is 10. The maximum atomic E-state index is 11.1. The van der Waals surface area contributed by atoms with E-state index in [9.17, 15) is 19.2 Å². The van der Waals surface area contributed by atoms with Crippen LogP contribution in [0.1, 0.15) is 12.8 Å². The van der Waals surface area contributed by atoms with Crippen molar-refractivity contribution in [3.8, 4) is 0 Å². The van der Waals surface area contributed by atoms with Crippen molar-refractivity contribution < 1.29 is 38.7 Å². The summed E-state index contributed by atoms with van der Waals surface area (Å²) in [5.41, 5.74) is 0. The molecule has 0 amide bonds. The molecule has 0 saturated carbocycles. The van der Waals surface area contributed by atoms with Gasteiger partial charge in [-0.1, -0.05) is 34.7 Å². The highest BCUT2D eigenvalue weighted by atomic mass is 33.1. The van der Waals surface area contributed by atoms with Crippen LogP contribution in [0.5, 0.6) is 0 Å². The van der Waals surface area contributed by atoms with E-state index in [4.69, 9.17) is 0 Å².